The van der Waals surface area contributed by atoms with Crippen LogP contribution in [-0.2, 0) is 48.4 Å². The molecule has 0 bridgehead atoms. The van der Waals surface area contributed by atoms with E-state index >= 15 is 0 Å². The molecule has 2 N–H and O–H groups in total. The van der Waals surface area contributed by atoms with Crippen LogP contribution in [0, 0.1) is 11.3 Å². The minimum atomic E-state index is -3.76. The molecular weight excluding hydrogens is 831 g/mol. The molecule has 9 atom stereocenters. The highest BCUT2D eigenvalue weighted by molar-refractivity contribution is 8.07. The molecule has 2 unspecified atom stereocenters. The lowest BCUT2D eigenvalue weighted by atomic mass is 10.1. The predicted molar refractivity (Wildman–Crippen MR) is 220 cm³/mol. The number of aliphatic hydroxyl groups excluding tert-OH is 1. The normalized spacial score (nSPS) is 25.8. The van der Waals surface area contributed by atoms with Gasteiger partial charge in [-0.25, -0.2) is 15.0 Å². The first kappa shape index (κ1) is 44.4. The van der Waals surface area contributed by atoms with Crippen LogP contribution in [0.1, 0.15) is 46.1 Å². The quantitative estimate of drug-likeness (QED) is 0.0485. The molecule has 2 fully saturated rings. The van der Waals surface area contributed by atoms with Crippen molar-refractivity contribution in [3.63, 3.8) is 0 Å². The molecule has 0 radical (unpaired) electrons. The highest BCUT2D eigenvalue weighted by Crippen LogP contribution is 2.55. The second-order valence-electron chi connectivity index (χ2n) is 15.6. The number of nitriles is 1. The van der Waals surface area contributed by atoms with Gasteiger partial charge >= 0.3 is 15.0 Å². The van der Waals surface area contributed by atoms with E-state index in [1.165, 1.54) is 33.6 Å². The van der Waals surface area contributed by atoms with E-state index in [1.807, 2.05) is 81.8 Å². The summed E-state index contributed by atoms with van der Waals surface area (Å²) in [5.41, 5.74) is 1.00. The van der Waals surface area contributed by atoms with Crippen molar-refractivity contribution in [2.45, 2.75) is 94.7 Å². The van der Waals surface area contributed by atoms with E-state index in [-0.39, 0.29) is 42.4 Å². The van der Waals surface area contributed by atoms with E-state index in [2.05, 4.69) is 15.0 Å². The number of ether oxygens (including phenoxy) is 2. The van der Waals surface area contributed by atoms with Gasteiger partial charge in [0.25, 0.3) is 5.56 Å². The molecule has 4 aromatic rings. The number of imidazole rings is 1. The SMILES string of the molecule is CN(C)/C=N\c1ccnc2c1ccn2[C@H]1C[C@H](OP(=S)(OCCC#N)OC[C@H]2O[C@@H](n3ccc(=O)n4ccnc34)[C@H](O[PH](=O)O)[C@@H]2O[Si](C)(C)C(C)(C)C)[C@@H](CO)O1. The third-order valence-corrected chi connectivity index (χ3v) is 17.6. The number of aromatic nitrogens is 5. The van der Waals surface area contributed by atoms with Crippen LogP contribution in [-0.4, -0.2) is 117 Å². The topological polar surface area (TPSA) is 219 Å². The Balaban J connectivity index is 1.29. The molecule has 316 valence electrons. The Morgan fingerprint density at radius 1 is 1.12 bits per heavy atom. The first-order valence-electron chi connectivity index (χ1n) is 18.6. The van der Waals surface area contributed by atoms with Crippen LogP contribution in [0.2, 0.25) is 18.1 Å². The van der Waals surface area contributed by atoms with Crippen LogP contribution >= 0.6 is 15.0 Å². The summed E-state index contributed by atoms with van der Waals surface area (Å²) in [7, 11) is -2.45. The fourth-order valence-electron chi connectivity index (χ4n) is 6.46. The third kappa shape index (κ3) is 9.71. The molecule has 0 aromatic carbocycles. The van der Waals surface area contributed by atoms with Crippen LogP contribution in [0.3, 0.4) is 0 Å². The van der Waals surface area contributed by atoms with Crippen LogP contribution in [0.5, 0.6) is 0 Å². The number of hydrogen-bond acceptors (Lipinski definition) is 15. The smallest absolute Gasteiger partial charge is 0.327 e. The minimum Gasteiger partial charge on any atom is -0.408 e. The van der Waals surface area contributed by atoms with Crippen molar-refractivity contribution in [2.24, 2.45) is 4.99 Å². The minimum absolute atomic E-state index is 0.00946. The van der Waals surface area contributed by atoms with Gasteiger partial charge in [0.1, 0.15) is 36.3 Å². The lowest BCUT2D eigenvalue weighted by molar-refractivity contribution is -0.0545. The molecule has 4 aromatic heterocycles. The summed E-state index contributed by atoms with van der Waals surface area (Å²) in [5, 5.41) is 20.3. The number of nitrogens with zero attached hydrogens (tertiary/aromatic N) is 8. The molecule has 6 heterocycles. The van der Waals surface area contributed by atoms with Crippen LogP contribution in [0.25, 0.3) is 16.8 Å². The number of aliphatic imine (C=N–C) groups is 1. The summed E-state index contributed by atoms with van der Waals surface area (Å²) >= 11 is 5.97. The van der Waals surface area contributed by atoms with Gasteiger partial charge in [-0.15, -0.1) is 0 Å². The van der Waals surface area contributed by atoms with Crippen molar-refractivity contribution >= 4 is 63.9 Å². The summed E-state index contributed by atoms with van der Waals surface area (Å²) in [6.45, 7) is 5.63. The molecule has 0 saturated carbocycles. The molecule has 23 heteroatoms. The van der Waals surface area contributed by atoms with E-state index in [9.17, 15) is 24.6 Å². The van der Waals surface area contributed by atoms with Gasteiger partial charge in [-0.05, 0) is 42.1 Å². The van der Waals surface area contributed by atoms with Gasteiger partial charge in [0.15, 0.2) is 14.5 Å². The Bertz CT molecular complexity index is 2280. The van der Waals surface area contributed by atoms with Crippen LogP contribution in [0.4, 0.5) is 5.69 Å². The van der Waals surface area contributed by atoms with Crippen LogP contribution < -0.4 is 5.56 Å². The third-order valence-electron chi connectivity index (χ3n) is 10.3. The molecule has 0 aliphatic carbocycles. The van der Waals surface area contributed by atoms with Crippen molar-refractivity contribution in [1.29, 1.82) is 5.26 Å². The number of aliphatic hydroxyl groups is 1. The second kappa shape index (κ2) is 18.2. The van der Waals surface area contributed by atoms with Gasteiger partial charge in [-0.3, -0.25) is 22.9 Å². The largest absolute Gasteiger partial charge is 0.408 e. The molecule has 2 aliphatic heterocycles. The maximum Gasteiger partial charge on any atom is 0.327 e. The van der Waals surface area contributed by atoms with E-state index in [0.717, 1.165) is 11.1 Å². The summed E-state index contributed by atoms with van der Waals surface area (Å²) in [4.78, 5) is 38.1. The first-order valence-corrected chi connectivity index (χ1v) is 25.3. The van der Waals surface area contributed by atoms with E-state index in [0.29, 0.717) is 5.65 Å². The summed E-state index contributed by atoms with van der Waals surface area (Å²) in [6, 6.07) is 7.05. The monoisotopic (exact) mass is 880 g/mol. The van der Waals surface area contributed by atoms with Crippen molar-refractivity contribution < 1.29 is 46.6 Å². The number of fused-ring (bicyclic) bond motifs is 2. The second-order valence-corrected chi connectivity index (χ2v) is 24.1. The van der Waals surface area contributed by atoms with E-state index < -0.39 is 72.9 Å². The maximum atomic E-state index is 12.6. The Morgan fingerprint density at radius 2 is 1.88 bits per heavy atom. The van der Waals surface area contributed by atoms with Gasteiger partial charge < -0.3 is 46.9 Å². The average molecular weight is 881 g/mol. The summed E-state index contributed by atoms with van der Waals surface area (Å²) < 4.78 is 61.4. The maximum absolute atomic E-state index is 12.6. The summed E-state index contributed by atoms with van der Waals surface area (Å²) in [6.07, 6.45) is 3.36. The van der Waals surface area contributed by atoms with Crippen molar-refractivity contribution in [1.82, 2.24) is 28.4 Å². The van der Waals surface area contributed by atoms with E-state index in [4.69, 9.17) is 43.8 Å². The lowest BCUT2D eigenvalue weighted by Gasteiger charge is -2.40. The zero-order chi connectivity index (χ0) is 42.0. The van der Waals surface area contributed by atoms with Gasteiger partial charge in [-0.1, -0.05) is 20.8 Å². The van der Waals surface area contributed by atoms with Gasteiger partial charge in [0.2, 0.25) is 5.78 Å². The molecule has 2 aliphatic rings. The fraction of sp³-hybridized carbons (Fsp3) is 0.571. The molecule has 2 saturated heterocycles. The van der Waals surface area contributed by atoms with E-state index in [1.54, 1.807) is 12.5 Å². The van der Waals surface area contributed by atoms with Crippen molar-refractivity contribution in [3.8, 4) is 6.07 Å². The van der Waals surface area contributed by atoms with Crippen molar-refractivity contribution in [2.75, 3.05) is 33.9 Å². The number of rotatable bonds is 17. The Morgan fingerprint density at radius 3 is 2.57 bits per heavy atom. The Labute approximate surface area is 342 Å². The fourth-order valence-corrected chi connectivity index (χ4v) is 10.4. The average Bonchev–Trinajstić information content (AvgIpc) is 3.96. The molecule has 0 amide bonds. The summed E-state index contributed by atoms with van der Waals surface area (Å²) in [5.74, 6) is 0.207. The lowest BCUT2D eigenvalue weighted by Crippen LogP contribution is -2.50. The van der Waals surface area contributed by atoms with Crippen LogP contribution in [0.15, 0.2) is 59.0 Å². The molecular formula is C35H50N8O11P2SSi. The van der Waals surface area contributed by atoms with Gasteiger partial charge in [0, 0.05) is 63.0 Å². The van der Waals surface area contributed by atoms with Gasteiger partial charge in [0.05, 0.1) is 50.4 Å². The standard InChI is InChI=1S/C35H50N8O11P2SSi/c1-35(2,3)58(6,7)54-30-27(51-33(31(30)52-55(46)47)43-16-11-28(45)41-17-14-38-34(41)43)21-49-56(57,48-18-8-12-36)53-25-19-29(50-26(25)20-44)42-15-10-23-24(39-22-40(4)5)9-13-37-32(23)42/h9-11,13-17,22,25-27,29-31,33,44,55H,8,18-21H2,1-7H3,(H,46,47)/b39-22-/t25-,26+,27+,29+,30+,31+,33+,56?/m0/s1. The first-order chi connectivity index (χ1) is 27.4. The molecule has 0 spiro atoms. The van der Waals surface area contributed by atoms with Gasteiger partial charge in [-0.2, -0.15) is 5.26 Å². The Kier molecular flexibility index (Phi) is 13.9. The highest BCUT2D eigenvalue weighted by atomic mass is 32.5. The highest BCUT2D eigenvalue weighted by Gasteiger charge is 2.53. The predicted octanol–water partition coefficient (Wildman–Crippen LogP) is 4.66. The molecule has 19 nitrogen and oxygen atoms in total. The molecule has 6 rings (SSSR count). The molecule has 58 heavy (non-hydrogen) atoms. The zero-order valence-electron chi connectivity index (χ0n) is 33.3. The van der Waals surface area contributed by atoms with Crippen molar-refractivity contribution in [3.05, 3.63) is 59.5 Å². The Hall–Kier alpha value is -3.19. The zero-order valence-corrected chi connectivity index (χ0v) is 37.0. The number of pyridine rings is 1. The number of hydrogen-bond donors (Lipinski definition) is 2.